The molecule has 0 radical (unpaired) electrons. The van der Waals surface area contributed by atoms with Crippen molar-refractivity contribution >= 4 is 7.60 Å². The fourth-order valence-electron chi connectivity index (χ4n) is 3.51. The molecule has 0 saturated heterocycles. The molecular formula is C23H47NO4P+. The van der Waals surface area contributed by atoms with Crippen molar-refractivity contribution in [3.63, 3.8) is 0 Å². The van der Waals surface area contributed by atoms with Crippen molar-refractivity contribution in [1.82, 2.24) is 0 Å². The topological polar surface area (TPSA) is 77.8 Å². The van der Waals surface area contributed by atoms with Crippen LogP contribution in [0.5, 0.6) is 0 Å². The average Bonchev–Trinajstić information content (AvgIpc) is 2.59. The fourth-order valence-corrected chi connectivity index (χ4v) is 4.57. The van der Waals surface area contributed by atoms with Gasteiger partial charge in [-0.05, 0) is 51.4 Å². The molecule has 0 bridgehead atoms. The quantitative estimate of drug-likeness (QED) is 0.111. The van der Waals surface area contributed by atoms with Gasteiger partial charge in [-0.25, -0.2) is 0 Å². The van der Waals surface area contributed by atoms with Gasteiger partial charge in [0.2, 0.25) is 5.34 Å². The number of rotatable bonds is 18. The zero-order valence-electron chi connectivity index (χ0n) is 19.4. The summed E-state index contributed by atoms with van der Waals surface area (Å²) < 4.78 is 12.0. The lowest BCUT2D eigenvalue weighted by molar-refractivity contribution is -0.875. The molecule has 29 heavy (non-hydrogen) atoms. The van der Waals surface area contributed by atoms with E-state index in [4.69, 9.17) is 0 Å². The number of hydrogen-bond donors (Lipinski definition) is 3. The van der Waals surface area contributed by atoms with Crippen molar-refractivity contribution in [2.24, 2.45) is 0 Å². The summed E-state index contributed by atoms with van der Waals surface area (Å²) in [6.45, 7) is 2.21. The molecule has 1 atom stereocenters. The van der Waals surface area contributed by atoms with Gasteiger partial charge in [0.15, 0.2) is 0 Å². The van der Waals surface area contributed by atoms with Crippen LogP contribution in [0.1, 0.15) is 90.4 Å². The Kier molecular flexibility index (Phi) is 15.1. The van der Waals surface area contributed by atoms with E-state index in [0.717, 1.165) is 19.3 Å². The van der Waals surface area contributed by atoms with Crippen molar-refractivity contribution < 1.29 is 23.9 Å². The molecule has 0 aromatic rings. The Morgan fingerprint density at radius 1 is 0.759 bits per heavy atom. The zero-order chi connectivity index (χ0) is 22.2. The Morgan fingerprint density at radius 3 is 1.59 bits per heavy atom. The molecule has 0 aliphatic heterocycles. The molecule has 0 aliphatic carbocycles. The predicted octanol–water partition coefficient (Wildman–Crippen LogP) is 5.76. The predicted molar refractivity (Wildman–Crippen MR) is 124 cm³/mol. The molecule has 1 unspecified atom stereocenters. The van der Waals surface area contributed by atoms with E-state index in [1.807, 2.05) is 21.1 Å². The largest absolute Gasteiger partial charge is 0.373 e. The summed E-state index contributed by atoms with van der Waals surface area (Å²) in [5.74, 6) is 0. The van der Waals surface area contributed by atoms with E-state index in [0.29, 0.717) is 10.9 Å². The minimum absolute atomic E-state index is 0.0381. The Labute approximate surface area is 179 Å². The van der Waals surface area contributed by atoms with Gasteiger partial charge in [-0.1, -0.05) is 63.3 Å². The lowest BCUT2D eigenvalue weighted by atomic mass is 10.1. The first-order valence-electron chi connectivity index (χ1n) is 11.4. The first-order valence-corrected chi connectivity index (χ1v) is 13.0. The molecule has 3 N–H and O–H groups in total. The van der Waals surface area contributed by atoms with E-state index in [-0.39, 0.29) is 13.0 Å². The molecular weight excluding hydrogens is 385 g/mol. The highest BCUT2D eigenvalue weighted by Crippen LogP contribution is 2.52. The molecule has 0 aliphatic rings. The van der Waals surface area contributed by atoms with Crippen LogP contribution in [0.25, 0.3) is 0 Å². The normalized spacial score (nSPS) is 15.4. The highest BCUT2D eigenvalue weighted by Gasteiger charge is 2.48. The van der Waals surface area contributed by atoms with Gasteiger partial charge in [0.1, 0.15) is 6.54 Å². The van der Waals surface area contributed by atoms with E-state index >= 15 is 0 Å². The molecule has 5 nitrogen and oxygen atoms in total. The van der Waals surface area contributed by atoms with Crippen LogP contribution in [0.2, 0.25) is 0 Å². The van der Waals surface area contributed by atoms with E-state index in [2.05, 4.69) is 31.2 Å². The smallest absolute Gasteiger partial charge is 0.362 e. The van der Waals surface area contributed by atoms with Crippen molar-refractivity contribution in [2.45, 2.75) is 95.7 Å². The molecule has 0 aromatic carbocycles. The Morgan fingerprint density at radius 2 is 1.17 bits per heavy atom. The van der Waals surface area contributed by atoms with E-state index < -0.39 is 12.9 Å². The summed E-state index contributed by atoms with van der Waals surface area (Å²) in [6.07, 6.45) is 22.7. The average molecular weight is 433 g/mol. The Bertz CT molecular complexity index is 507. The first-order chi connectivity index (χ1) is 13.5. The van der Waals surface area contributed by atoms with Gasteiger partial charge in [-0.2, -0.15) is 0 Å². The van der Waals surface area contributed by atoms with Gasteiger partial charge in [0, 0.05) is 0 Å². The van der Waals surface area contributed by atoms with Crippen molar-refractivity contribution in [3.05, 3.63) is 24.3 Å². The summed E-state index contributed by atoms with van der Waals surface area (Å²) in [5.41, 5.74) is 0. The molecule has 0 amide bonds. The molecule has 0 aromatic heterocycles. The minimum atomic E-state index is -4.56. The summed E-state index contributed by atoms with van der Waals surface area (Å²) in [5, 5.41) is 8.55. The zero-order valence-corrected chi connectivity index (χ0v) is 20.2. The number of unbranched alkanes of at least 4 members (excludes halogenated alkanes) is 9. The molecule has 0 heterocycles. The van der Waals surface area contributed by atoms with Gasteiger partial charge in [0.05, 0.1) is 21.1 Å². The number of likely N-dealkylation sites (N-methyl/N-ethyl adjacent to an activating group) is 1. The summed E-state index contributed by atoms with van der Waals surface area (Å²) in [6, 6.07) is 0. The van der Waals surface area contributed by atoms with Gasteiger partial charge in [-0.3, -0.25) is 4.57 Å². The fraction of sp³-hybridized carbons (Fsp3) is 0.826. The third-order valence-electron chi connectivity index (χ3n) is 5.03. The lowest BCUT2D eigenvalue weighted by Gasteiger charge is -2.35. The van der Waals surface area contributed by atoms with Crippen LogP contribution in [-0.2, 0) is 4.57 Å². The van der Waals surface area contributed by atoms with Crippen molar-refractivity contribution in [2.75, 3.05) is 27.7 Å². The first kappa shape index (κ1) is 28.5. The molecule has 172 valence electrons. The number of allylic oxidation sites excluding steroid dienone is 4. The second-order valence-corrected chi connectivity index (χ2v) is 11.2. The van der Waals surface area contributed by atoms with Crippen LogP contribution in [0.3, 0.4) is 0 Å². The second kappa shape index (κ2) is 15.4. The molecule has 0 spiro atoms. The highest BCUT2D eigenvalue weighted by molar-refractivity contribution is 7.53. The standard InChI is InChI=1S/C23H46NO4P/c1-5-6-7-8-9-10-11-12-13-14-15-16-17-18-19-20-21-23(25,29(26,27)28)22-24(2,3)4/h6-7,17-18,25H,5,8-16,19-22H2,1-4H3,(H-,26,27,28)/p+1/b7-6-,18-17-. The monoisotopic (exact) mass is 432 g/mol. The van der Waals surface area contributed by atoms with Gasteiger partial charge < -0.3 is 19.4 Å². The SMILES string of the molecule is CC/C=C\CCCCCCCCC/C=C\CCCC(O)(C[N+](C)(C)C)P(=O)(O)O. The van der Waals surface area contributed by atoms with Crippen LogP contribution < -0.4 is 0 Å². The Hall–Kier alpha value is -0.450. The third-order valence-corrected chi connectivity index (χ3v) is 6.48. The van der Waals surface area contributed by atoms with E-state index in [9.17, 15) is 19.5 Å². The van der Waals surface area contributed by atoms with Crippen LogP contribution >= 0.6 is 7.60 Å². The summed E-state index contributed by atoms with van der Waals surface area (Å²) >= 11 is 0. The number of nitrogens with zero attached hydrogens (tertiary/aromatic N) is 1. The van der Waals surface area contributed by atoms with Gasteiger partial charge >= 0.3 is 7.60 Å². The highest BCUT2D eigenvalue weighted by atomic mass is 31.2. The number of hydrogen-bond acceptors (Lipinski definition) is 2. The molecule has 0 rings (SSSR count). The van der Waals surface area contributed by atoms with Crippen molar-refractivity contribution in [1.29, 1.82) is 0 Å². The van der Waals surface area contributed by atoms with Crippen molar-refractivity contribution in [3.8, 4) is 0 Å². The third kappa shape index (κ3) is 16.0. The van der Waals surface area contributed by atoms with E-state index in [1.165, 1.54) is 51.4 Å². The van der Waals surface area contributed by atoms with E-state index in [1.54, 1.807) is 0 Å². The van der Waals surface area contributed by atoms with Crippen LogP contribution in [-0.4, -0.2) is 52.4 Å². The Balaban J connectivity index is 3.78. The maximum atomic E-state index is 11.7. The molecule has 0 saturated carbocycles. The maximum absolute atomic E-state index is 11.7. The number of quaternary nitrogens is 1. The van der Waals surface area contributed by atoms with Gasteiger partial charge in [-0.15, -0.1) is 0 Å². The molecule has 6 heteroatoms. The lowest BCUT2D eigenvalue weighted by Crippen LogP contribution is -2.49. The van der Waals surface area contributed by atoms with Crippen LogP contribution in [0.15, 0.2) is 24.3 Å². The van der Waals surface area contributed by atoms with Crippen LogP contribution in [0.4, 0.5) is 0 Å². The van der Waals surface area contributed by atoms with Gasteiger partial charge in [0.25, 0.3) is 0 Å². The summed E-state index contributed by atoms with van der Waals surface area (Å²) in [7, 11) is 0.913. The maximum Gasteiger partial charge on any atom is 0.362 e. The van der Waals surface area contributed by atoms with Crippen LogP contribution in [0, 0.1) is 0 Å². The minimum Gasteiger partial charge on any atom is -0.373 e. The molecule has 0 fully saturated rings. The second-order valence-electron chi connectivity index (χ2n) is 9.27. The summed E-state index contributed by atoms with van der Waals surface area (Å²) in [4.78, 5) is 19.1. The number of aliphatic hydroxyl groups is 1.